The zero-order chi connectivity index (χ0) is 17.8. The summed E-state index contributed by atoms with van der Waals surface area (Å²) in [5.41, 5.74) is 2.21. The molecule has 128 valence electrons. The van der Waals surface area contributed by atoms with Crippen LogP contribution in [0.5, 0.6) is 0 Å². The minimum Gasteiger partial charge on any atom is -0.326 e. The highest BCUT2D eigenvalue weighted by Gasteiger charge is 2.09. The van der Waals surface area contributed by atoms with Crippen LogP contribution in [0, 0.1) is 0 Å². The third-order valence-electron chi connectivity index (χ3n) is 3.15. The predicted octanol–water partition coefficient (Wildman–Crippen LogP) is 4.64. The van der Waals surface area contributed by atoms with E-state index in [1.807, 2.05) is 18.2 Å². The fraction of sp³-hybridized carbons (Fsp3) is 0.118. The third-order valence-corrected chi connectivity index (χ3v) is 5.56. The van der Waals surface area contributed by atoms with E-state index in [2.05, 4.69) is 15.6 Å². The number of aromatic nitrogens is 1. The number of anilines is 2. The van der Waals surface area contributed by atoms with Gasteiger partial charge in [0.05, 0.1) is 16.0 Å². The predicted molar refractivity (Wildman–Crippen MR) is 105 cm³/mol. The molecular weight excluding hydrogens is 378 g/mol. The van der Waals surface area contributed by atoms with E-state index >= 15 is 0 Å². The Morgan fingerprint density at radius 1 is 1.12 bits per heavy atom. The van der Waals surface area contributed by atoms with E-state index in [0.717, 1.165) is 14.6 Å². The van der Waals surface area contributed by atoms with Crippen LogP contribution in [0.4, 0.5) is 11.4 Å². The average molecular weight is 392 g/mol. The normalized spacial score (nSPS) is 10.6. The maximum Gasteiger partial charge on any atom is 0.234 e. The molecule has 2 aromatic carbocycles. The highest BCUT2D eigenvalue weighted by molar-refractivity contribution is 8.01. The molecule has 0 unspecified atom stereocenters. The molecule has 0 aliphatic carbocycles. The summed E-state index contributed by atoms with van der Waals surface area (Å²) in [4.78, 5) is 27.5. The van der Waals surface area contributed by atoms with Crippen LogP contribution in [0.25, 0.3) is 10.2 Å². The van der Waals surface area contributed by atoms with Crippen LogP contribution in [-0.4, -0.2) is 22.6 Å². The smallest absolute Gasteiger partial charge is 0.234 e. The molecule has 2 N–H and O–H groups in total. The Morgan fingerprint density at radius 3 is 2.48 bits per heavy atom. The Labute approximate surface area is 157 Å². The van der Waals surface area contributed by atoms with Gasteiger partial charge in [-0.15, -0.1) is 11.3 Å². The van der Waals surface area contributed by atoms with Crippen LogP contribution >= 0.6 is 34.7 Å². The fourth-order valence-corrected chi connectivity index (χ4v) is 4.12. The maximum absolute atomic E-state index is 12.1. The van der Waals surface area contributed by atoms with E-state index in [1.165, 1.54) is 30.0 Å². The number of carbonyl (C=O) groups is 2. The topological polar surface area (TPSA) is 71.1 Å². The summed E-state index contributed by atoms with van der Waals surface area (Å²) in [6.07, 6.45) is 0. The monoisotopic (exact) mass is 391 g/mol. The molecule has 25 heavy (non-hydrogen) atoms. The van der Waals surface area contributed by atoms with Crippen LogP contribution in [0.2, 0.25) is 5.02 Å². The van der Waals surface area contributed by atoms with Crippen LogP contribution in [0.3, 0.4) is 0 Å². The molecule has 0 atom stereocenters. The Bertz CT molecular complexity index is 925. The maximum atomic E-state index is 12.1. The van der Waals surface area contributed by atoms with Gasteiger partial charge in [-0.3, -0.25) is 9.59 Å². The van der Waals surface area contributed by atoms with Crippen molar-refractivity contribution in [2.75, 3.05) is 16.4 Å². The van der Waals surface area contributed by atoms with Crippen LogP contribution in [0.15, 0.2) is 46.8 Å². The minimum absolute atomic E-state index is 0.116. The number of nitrogens with one attached hydrogen (secondary N) is 2. The first-order chi connectivity index (χ1) is 12.0. The van der Waals surface area contributed by atoms with Crippen molar-refractivity contribution >= 4 is 68.1 Å². The number of amides is 2. The van der Waals surface area contributed by atoms with Crippen molar-refractivity contribution in [1.82, 2.24) is 4.98 Å². The molecule has 3 aromatic rings. The number of rotatable bonds is 5. The number of fused-ring (bicyclic) bond motifs is 1. The lowest BCUT2D eigenvalue weighted by molar-refractivity contribution is -0.114. The quantitative estimate of drug-likeness (QED) is 0.621. The zero-order valence-corrected chi connectivity index (χ0v) is 15.6. The Hall–Kier alpha value is -2.09. The summed E-state index contributed by atoms with van der Waals surface area (Å²) in [5, 5.41) is 6.14. The van der Waals surface area contributed by atoms with Crippen molar-refractivity contribution in [2.45, 2.75) is 11.3 Å². The van der Waals surface area contributed by atoms with E-state index in [0.29, 0.717) is 16.4 Å². The van der Waals surface area contributed by atoms with Gasteiger partial charge in [0.15, 0.2) is 4.34 Å². The summed E-state index contributed by atoms with van der Waals surface area (Å²) in [6, 6.07) is 12.5. The summed E-state index contributed by atoms with van der Waals surface area (Å²) in [7, 11) is 0. The molecule has 0 fully saturated rings. The van der Waals surface area contributed by atoms with E-state index in [-0.39, 0.29) is 17.6 Å². The van der Waals surface area contributed by atoms with Crippen molar-refractivity contribution in [2.24, 2.45) is 0 Å². The lowest BCUT2D eigenvalue weighted by atomic mass is 10.3. The Morgan fingerprint density at radius 2 is 1.80 bits per heavy atom. The van der Waals surface area contributed by atoms with Crippen LogP contribution < -0.4 is 10.6 Å². The molecule has 3 rings (SSSR count). The molecule has 1 heterocycles. The van der Waals surface area contributed by atoms with Gasteiger partial charge < -0.3 is 10.6 Å². The number of hydrogen-bond donors (Lipinski definition) is 2. The van der Waals surface area contributed by atoms with Gasteiger partial charge in [0.25, 0.3) is 0 Å². The van der Waals surface area contributed by atoms with Gasteiger partial charge in [-0.05, 0) is 42.5 Å². The van der Waals surface area contributed by atoms with Crippen LogP contribution in [-0.2, 0) is 9.59 Å². The van der Waals surface area contributed by atoms with E-state index in [9.17, 15) is 9.59 Å². The first kappa shape index (κ1) is 17.7. The van der Waals surface area contributed by atoms with Crippen molar-refractivity contribution in [3.8, 4) is 0 Å². The van der Waals surface area contributed by atoms with Gasteiger partial charge in [-0.1, -0.05) is 23.4 Å². The van der Waals surface area contributed by atoms with Gasteiger partial charge in [0, 0.05) is 23.3 Å². The van der Waals surface area contributed by atoms with Crippen molar-refractivity contribution in [3.05, 3.63) is 47.5 Å². The first-order valence-corrected chi connectivity index (χ1v) is 9.54. The number of thioether (sulfide) groups is 1. The molecule has 0 aliphatic rings. The second kappa shape index (κ2) is 7.86. The summed E-state index contributed by atoms with van der Waals surface area (Å²) in [5.74, 6) is 0.0148. The van der Waals surface area contributed by atoms with E-state index in [4.69, 9.17) is 11.6 Å². The highest BCUT2D eigenvalue weighted by Crippen LogP contribution is 2.31. The number of thiazole rings is 1. The summed E-state index contributed by atoms with van der Waals surface area (Å²) in [6.45, 7) is 1.45. The molecule has 5 nitrogen and oxygen atoms in total. The van der Waals surface area contributed by atoms with Gasteiger partial charge in [-0.25, -0.2) is 4.98 Å². The molecule has 0 spiro atoms. The number of halogens is 1. The van der Waals surface area contributed by atoms with Crippen molar-refractivity contribution < 1.29 is 9.59 Å². The van der Waals surface area contributed by atoms with Crippen molar-refractivity contribution in [3.63, 3.8) is 0 Å². The summed E-state index contributed by atoms with van der Waals surface area (Å²) < 4.78 is 1.87. The van der Waals surface area contributed by atoms with Crippen molar-refractivity contribution in [1.29, 1.82) is 0 Å². The number of hydrogen-bond acceptors (Lipinski definition) is 5. The standard InChI is InChI=1S/C17H14ClN3O2S2/c1-10(22)19-12-3-5-13(6-4-12)20-16(23)9-24-17-21-14-8-11(18)2-7-15(14)25-17/h2-8H,9H2,1H3,(H,19,22)(H,20,23). The van der Waals surface area contributed by atoms with Gasteiger partial charge in [0.2, 0.25) is 11.8 Å². The molecule has 1 aromatic heterocycles. The number of carbonyl (C=O) groups excluding carboxylic acids is 2. The van der Waals surface area contributed by atoms with Crippen LogP contribution in [0.1, 0.15) is 6.92 Å². The molecule has 0 aliphatic heterocycles. The molecule has 2 amide bonds. The second-order valence-electron chi connectivity index (χ2n) is 5.19. The zero-order valence-electron chi connectivity index (χ0n) is 13.2. The molecule has 0 saturated carbocycles. The highest BCUT2D eigenvalue weighted by atomic mass is 35.5. The molecular formula is C17H14ClN3O2S2. The largest absolute Gasteiger partial charge is 0.326 e. The Kier molecular flexibility index (Phi) is 5.57. The minimum atomic E-state index is -0.134. The lowest BCUT2D eigenvalue weighted by Crippen LogP contribution is -2.14. The molecule has 0 radical (unpaired) electrons. The lowest BCUT2D eigenvalue weighted by Gasteiger charge is -2.06. The average Bonchev–Trinajstić information content (AvgIpc) is 2.96. The fourth-order valence-electron chi connectivity index (χ4n) is 2.11. The van der Waals surface area contributed by atoms with E-state index < -0.39 is 0 Å². The molecule has 0 saturated heterocycles. The Balaban J connectivity index is 1.55. The van der Waals surface area contributed by atoms with Gasteiger partial charge >= 0.3 is 0 Å². The number of nitrogens with zero attached hydrogens (tertiary/aromatic N) is 1. The summed E-state index contributed by atoms with van der Waals surface area (Å²) >= 11 is 8.88. The molecule has 8 heteroatoms. The second-order valence-corrected chi connectivity index (χ2v) is 7.88. The first-order valence-electron chi connectivity index (χ1n) is 7.36. The molecule has 0 bridgehead atoms. The third kappa shape index (κ3) is 4.94. The van der Waals surface area contributed by atoms with E-state index in [1.54, 1.807) is 24.3 Å². The SMILES string of the molecule is CC(=O)Nc1ccc(NC(=O)CSc2nc3cc(Cl)ccc3s2)cc1. The van der Waals surface area contributed by atoms with Gasteiger partial charge in [-0.2, -0.15) is 0 Å². The van der Waals surface area contributed by atoms with Gasteiger partial charge in [0.1, 0.15) is 0 Å². The number of benzene rings is 2.